The molecular formula is C23H24N2. The van der Waals surface area contributed by atoms with E-state index in [0.717, 1.165) is 22.8 Å². The van der Waals surface area contributed by atoms with Gasteiger partial charge in [-0.25, -0.2) is 4.98 Å². The molecular weight excluding hydrogens is 304 g/mol. The maximum Gasteiger partial charge on any atom is 0.106 e. The Balaban J connectivity index is 2.08. The third-order valence-corrected chi connectivity index (χ3v) is 4.41. The van der Waals surface area contributed by atoms with Gasteiger partial charge >= 0.3 is 0 Å². The zero-order valence-electron chi connectivity index (χ0n) is 15.3. The Labute approximate surface area is 150 Å². The van der Waals surface area contributed by atoms with E-state index in [1.54, 1.807) is 0 Å². The molecule has 1 heterocycles. The van der Waals surface area contributed by atoms with E-state index < -0.39 is 0 Å². The number of hydrogen-bond donors (Lipinski definition) is 0. The molecule has 0 radical (unpaired) electrons. The van der Waals surface area contributed by atoms with Crippen LogP contribution in [0.25, 0.3) is 34.7 Å². The first-order valence-corrected chi connectivity index (χ1v) is 8.63. The van der Waals surface area contributed by atoms with Gasteiger partial charge in [-0.15, -0.1) is 0 Å². The lowest BCUT2D eigenvalue weighted by molar-refractivity contribution is 0.865. The maximum absolute atomic E-state index is 4.82. The molecule has 3 aromatic rings. The molecule has 0 atom stereocenters. The number of aromatic nitrogens is 2. The molecule has 25 heavy (non-hydrogen) atoms. The minimum Gasteiger partial charge on any atom is -0.331 e. The van der Waals surface area contributed by atoms with Crippen molar-refractivity contribution in [1.29, 1.82) is 0 Å². The van der Waals surface area contributed by atoms with Crippen LogP contribution in [0.5, 0.6) is 0 Å². The van der Waals surface area contributed by atoms with Gasteiger partial charge in [-0.2, -0.15) is 0 Å². The highest BCUT2D eigenvalue weighted by Gasteiger charge is 2.15. The van der Waals surface area contributed by atoms with Gasteiger partial charge < -0.3 is 4.57 Å². The fourth-order valence-corrected chi connectivity index (χ4v) is 3.03. The van der Waals surface area contributed by atoms with Gasteiger partial charge in [0.1, 0.15) is 5.82 Å². The fraction of sp³-hybridized carbons (Fsp3) is 0.174. The molecule has 0 bridgehead atoms. The average molecular weight is 328 g/mol. The van der Waals surface area contributed by atoms with E-state index in [0.29, 0.717) is 0 Å². The second-order valence-corrected chi connectivity index (χ2v) is 6.16. The molecule has 2 heteroatoms. The molecule has 0 saturated heterocycles. The predicted octanol–water partition coefficient (Wildman–Crippen LogP) is 6.13. The SMILES string of the molecule is C/C=C/c1ccc(-c2nc(C)n(C)c2-c2ccc(/C=C/C)cc2)cc1. The highest BCUT2D eigenvalue weighted by Crippen LogP contribution is 2.32. The van der Waals surface area contributed by atoms with Crippen molar-refractivity contribution in [3.05, 3.63) is 77.6 Å². The summed E-state index contributed by atoms with van der Waals surface area (Å²) in [6, 6.07) is 17.2. The van der Waals surface area contributed by atoms with E-state index in [4.69, 9.17) is 4.98 Å². The summed E-state index contributed by atoms with van der Waals surface area (Å²) in [5, 5.41) is 0. The lowest BCUT2D eigenvalue weighted by Gasteiger charge is -2.08. The van der Waals surface area contributed by atoms with Crippen LogP contribution in [0.15, 0.2) is 60.7 Å². The third kappa shape index (κ3) is 3.48. The topological polar surface area (TPSA) is 17.8 Å². The zero-order valence-corrected chi connectivity index (χ0v) is 15.3. The number of nitrogens with zero attached hydrogens (tertiary/aromatic N) is 2. The Bertz CT molecular complexity index is 908. The number of imidazole rings is 1. The highest BCUT2D eigenvalue weighted by molar-refractivity contribution is 5.80. The van der Waals surface area contributed by atoms with Crippen molar-refractivity contribution in [2.45, 2.75) is 20.8 Å². The first kappa shape index (κ1) is 17.0. The number of rotatable bonds is 4. The van der Waals surface area contributed by atoms with Crippen molar-refractivity contribution in [3.63, 3.8) is 0 Å². The van der Waals surface area contributed by atoms with Crippen LogP contribution in [0.2, 0.25) is 0 Å². The third-order valence-electron chi connectivity index (χ3n) is 4.41. The Morgan fingerprint density at radius 2 is 1.24 bits per heavy atom. The van der Waals surface area contributed by atoms with Gasteiger partial charge in [-0.3, -0.25) is 0 Å². The Morgan fingerprint density at radius 3 is 1.72 bits per heavy atom. The van der Waals surface area contributed by atoms with Crippen LogP contribution >= 0.6 is 0 Å². The second kappa shape index (κ2) is 7.35. The van der Waals surface area contributed by atoms with Gasteiger partial charge in [0.2, 0.25) is 0 Å². The maximum atomic E-state index is 4.82. The van der Waals surface area contributed by atoms with Crippen LogP contribution in [-0.4, -0.2) is 9.55 Å². The minimum atomic E-state index is 1.01. The van der Waals surface area contributed by atoms with Crippen LogP contribution in [-0.2, 0) is 7.05 Å². The molecule has 0 aliphatic carbocycles. The summed E-state index contributed by atoms with van der Waals surface area (Å²) in [6.45, 7) is 6.12. The predicted molar refractivity (Wildman–Crippen MR) is 108 cm³/mol. The molecule has 1 aromatic heterocycles. The Kier molecular flexibility index (Phi) is 4.99. The van der Waals surface area contributed by atoms with Crippen molar-refractivity contribution in [2.75, 3.05) is 0 Å². The summed E-state index contributed by atoms with van der Waals surface area (Å²) < 4.78 is 2.17. The Hall–Kier alpha value is -2.87. The van der Waals surface area contributed by atoms with Crippen molar-refractivity contribution in [2.24, 2.45) is 7.05 Å². The quantitative estimate of drug-likeness (QED) is 0.563. The molecule has 0 amide bonds. The van der Waals surface area contributed by atoms with Gasteiger partial charge in [0.15, 0.2) is 0 Å². The van der Waals surface area contributed by atoms with E-state index in [2.05, 4.69) is 91.4 Å². The van der Waals surface area contributed by atoms with Gasteiger partial charge in [0.25, 0.3) is 0 Å². The number of hydrogen-bond acceptors (Lipinski definition) is 1. The van der Waals surface area contributed by atoms with Crippen LogP contribution in [0, 0.1) is 6.92 Å². The minimum absolute atomic E-state index is 1.01. The van der Waals surface area contributed by atoms with Crippen molar-refractivity contribution in [1.82, 2.24) is 9.55 Å². The first-order valence-electron chi connectivity index (χ1n) is 8.63. The van der Waals surface area contributed by atoms with E-state index in [1.807, 2.05) is 13.8 Å². The lowest BCUT2D eigenvalue weighted by atomic mass is 10.0. The number of benzene rings is 2. The molecule has 0 unspecified atom stereocenters. The number of allylic oxidation sites excluding steroid dienone is 2. The van der Waals surface area contributed by atoms with E-state index in [1.165, 1.54) is 16.7 Å². The first-order chi connectivity index (χ1) is 12.1. The van der Waals surface area contributed by atoms with Crippen molar-refractivity contribution >= 4 is 12.2 Å². The number of aryl methyl sites for hydroxylation is 1. The van der Waals surface area contributed by atoms with Crippen LogP contribution in [0.4, 0.5) is 0 Å². The summed E-state index contributed by atoms with van der Waals surface area (Å²) in [7, 11) is 2.08. The molecule has 0 fully saturated rings. The monoisotopic (exact) mass is 328 g/mol. The van der Waals surface area contributed by atoms with Crippen LogP contribution in [0.1, 0.15) is 30.8 Å². The zero-order chi connectivity index (χ0) is 17.8. The second-order valence-electron chi connectivity index (χ2n) is 6.16. The summed E-state index contributed by atoms with van der Waals surface area (Å²) in [5.74, 6) is 1.01. The van der Waals surface area contributed by atoms with Crippen molar-refractivity contribution < 1.29 is 0 Å². The molecule has 3 rings (SSSR count). The van der Waals surface area contributed by atoms with Gasteiger partial charge in [-0.1, -0.05) is 72.8 Å². The summed E-state index contributed by atoms with van der Waals surface area (Å²) in [5.41, 5.74) is 6.93. The molecule has 0 spiro atoms. The Morgan fingerprint density at radius 1 is 0.760 bits per heavy atom. The van der Waals surface area contributed by atoms with E-state index in [-0.39, 0.29) is 0 Å². The summed E-state index contributed by atoms with van der Waals surface area (Å²) in [4.78, 5) is 4.82. The lowest BCUT2D eigenvalue weighted by Crippen LogP contribution is -1.95. The standard InChI is InChI=1S/C23H24N2/c1-5-7-18-9-13-20(14-10-18)22-23(25(4)17(3)24-22)21-15-11-19(8-6-2)12-16-21/h5-16H,1-4H3/b7-5+,8-6+. The summed E-state index contributed by atoms with van der Waals surface area (Å²) >= 11 is 0. The summed E-state index contributed by atoms with van der Waals surface area (Å²) in [6.07, 6.45) is 8.33. The molecule has 126 valence electrons. The van der Waals surface area contributed by atoms with E-state index >= 15 is 0 Å². The molecule has 2 nitrogen and oxygen atoms in total. The van der Waals surface area contributed by atoms with Gasteiger partial charge in [0, 0.05) is 18.2 Å². The molecule has 2 aromatic carbocycles. The fourth-order valence-electron chi connectivity index (χ4n) is 3.03. The smallest absolute Gasteiger partial charge is 0.106 e. The van der Waals surface area contributed by atoms with Gasteiger partial charge in [0.05, 0.1) is 11.4 Å². The van der Waals surface area contributed by atoms with Crippen molar-refractivity contribution in [3.8, 4) is 22.5 Å². The van der Waals surface area contributed by atoms with E-state index in [9.17, 15) is 0 Å². The molecule has 0 aliphatic heterocycles. The van der Waals surface area contributed by atoms with Gasteiger partial charge in [-0.05, 0) is 31.9 Å². The molecule has 0 N–H and O–H groups in total. The normalized spacial score (nSPS) is 11.7. The highest BCUT2D eigenvalue weighted by atomic mass is 15.1. The van der Waals surface area contributed by atoms with Crippen LogP contribution in [0.3, 0.4) is 0 Å². The molecule has 0 saturated carbocycles. The average Bonchev–Trinajstić information content (AvgIpc) is 2.92. The van der Waals surface area contributed by atoms with Crippen LogP contribution < -0.4 is 0 Å². The molecule has 0 aliphatic rings. The largest absolute Gasteiger partial charge is 0.331 e.